The molecule has 3 aromatic carbocycles. The van der Waals surface area contributed by atoms with Crippen LogP contribution in [-0.4, -0.2) is 48.1 Å². The van der Waals surface area contributed by atoms with Gasteiger partial charge in [0.2, 0.25) is 0 Å². The fraction of sp³-hybridized carbons (Fsp3) is 0.290. The molecular formula is C31H31NO6. The molecule has 0 aliphatic carbocycles. The van der Waals surface area contributed by atoms with Crippen LogP contribution in [0.3, 0.4) is 0 Å². The molecule has 1 N–H and O–H groups in total. The van der Waals surface area contributed by atoms with Crippen LogP contribution in [0.25, 0.3) is 5.76 Å². The van der Waals surface area contributed by atoms with E-state index >= 15 is 0 Å². The number of methoxy groups -OCH3 is 1. The number of hydrogen-bond donors (Lipinski definition) is 1. The third-order valence-corrected chi connectivity index (χ3v) is 6.90. The molecule has 2 aliphatic rings. The molecule has 2 aliphatic heterocycles. The van der Waals surface area contributed by atoms with E-state index in [0.717, 1.165) is 23.3 Å². The van der Waals surface area contributed by atoms with Gasteiger partial charge in [0.05, 0.1) is 11.6 Å². The number of aliphatic hydroxyl groups is 1. The Morgan fingerprint density at radius 2 is 1.82 bits per heavy atom. The largest absolute Gasteiger partial charge is 0.507 e. The van der Waals surface area contributed by atoms with Gasteiger partial charge in [-0.3, -0.25) is 9.59 Å². The molecule has 3 aromatic rings. The lowest BCUT2D eigenvalue weighted by Gasteiger charge is -2.25. The van der Waals surface area contributed by atoms with Crippen molar-refractivity contribution in [2.75, 3.05) is 20.3 Å². The molecule has 2 unspecified atom stereocenters. The van der Waals surface area contributed by atoms with Crippen LogP contribution in [0.5, 0.6) is 11.5 Å². The first-order valence-electron chi connectivity index (χ1n) is 12.8. The van der Waals surface area contributed by atoms with E-state index in [-0.39, 0.29) is 17.4 Å². The average molecular weight is 514 g/mol. The van der Waals surface area contributed by atoms with Crippen molar-refractivity contribution in [3.63, 3.8) is 0 Å². The minimum absolute atomic E-state index is 0.0522. The Balaban J connectivity index is 1.47. The number of fused-ring (bicyclic) bond motifs is 1. The highest BCUT2D eigenvalue weighted by Crippen LogP contribution is 2.41. The molecule has 0 saturated carbocycles. The lowest BCUT2D eigenvalue weighted by Crippen LogP contribution is -2.31. The number of nitrogens with zero attached hydrogens (tertiary/aromatic N) is 1. The predicted molar refractivity (Wildman–Crippen MR) is 143 cm³/mol. The molecule has 5 rings (SSSR count). The van der Waals surface area contributed by atoms with Crippen LogP contribution in [0.2, 0.25) is 0 Å². The number of aliphatic hydroxyl groups excluding tert-OH is 1. The third-order valence-electron chi connectivity index (χ3n) is 6.90. The number of carbonyl (C=O) groups excluding carboxylic acids is 2. The van der Waals surface area contributed by atoms with Gasteiger partial charge < -0.3 is 24.2 Å². The highest BCUT2D eigenvalue weighted by molar-refractivity contribution is 6.46. The van der Waals surface area contributed by atoms with E-state index in [1.807, 2.05) is 67.6 Å². The minimum atomic E-state index is -0.724. The maximum atomic E-state index is 13.3. The Bertz CT molecular complexity index is 1350. The fourth-order valence-electron chi connectivity index (χ4n) is 5.05. The van der Waals surface area contributed by atoms with Crippen molar-refractivity contribution in [1.82, 2.24) is 4.90 Å². The molecule has 1 fully saturated rings. The van der Waals surface area contributed by atoms with Gasteiger partial charge in [0, 0.05) is 32.2 Å². The van der Waals surface area contributed by atoms with E-state index < -0.39 is 17.7 Å². The molecule has 0 bridgehead atoms. The summed E-state index contributed by atoms with van der Waals surface area (Å²) in [6.07, 6.45) is 1.33. The number of amides is 1. The summed E-state index contributed by atoms with van der Waals surface area (Å²) < 4.78 is 16.9. The molecule has 1 amide bonds. The highest BCUT2D eigenvalue weighted by atomic mass is 16.5. The van der Waals surface area contributed by atoms with Crippen molar-refractivity contribution < 1.29 is 28.9 Å². The lowest BCUT2D eigenvalue weighted by atomic mass is 9.94. The number of ketones is 1. The quantitative estimate of drug-likeness (QED) is 0.187. The van der Waals surface area contributed by atoms with Crippen LogP contribution >= 0.6 is 0 Å². The van der Waals surface area contributed by atoms with Gasteiger partial charge in [0.15, 0.2) is 0 Å². The number of rotatable bonds is 9. The fourth-order valence-corrected chi connectivity index (χ4v) is 5.05. The number of Topliss-reactive ketones (excluding diaryl/α,β-unsaturated/α-hetero) is 1. The SMILES string of the molecule is COCCCN1C(=O)C(=O)/C(=C(\O)c2ccc3c(c2)CC(C)O3)C1c1ccc(OCc2ccccc2)cc1. The van der Waals surface area contributed by atoms with Gasteiger partial charge in [0.1, 0.15) is 30.0 Å². The van der Waals surface area contributed by atoms with Crippen molar-refractivity contribution in [1.29, 1.82) is 0 Å². The Kier molecular flexibility index (Phi) is 7.47. The topological polar surface area (TPSA) is 85.3 Å². The average Bonchev–Trinajstić information content (AvgIpc) is 3.43. The van der Waals surface area contributed by atoms with E-state index in [1.54, 1.807) is 19.2 Å². The molecule has 0 radical (unpaired) electrons. The zero-order valence-corrected chi connectivity index (χ0v) is 21.6. The van der Waals surface area contributed by atoms with Gasteiger partial charge in [-0.2, -0.15) is 0 Å². The summed E-state index contributed by atoms with van der Waals surface area (Å²) in [5, 5.41) is 11.4. The molecular weight excluding hydrogens is 482 g/mol. The number of hydrogen-bond acceptors (Lipinski definition) is 6. The minimum Gasteiger partial charge on any atom is -0.507 e. The summed E-state index contributed by atoms with van der Waals surface area (Å²) >= 11 is 0. The standard InChI is InChI=1S/C31H31NO6/c1-20-17-24-18-23(11-14-26(24)38-20)29(33)27-28(32(15-6-16-36-2)31(35)30(27)34)22-9-12-25(13-10-22)37-19-21-7-4-3-5-8-21/h3-5,7-14,18,20,28,33H,6,15-17,19H2,1-2H3/b29-27-. The third kappa shape index (κ3) is 5.15. The van der Waals surface area contributed by atoms with Crippen molar-refractivity contribution in [2.24, 2.45) is 0 Å². The first-order chi connectivity index (χ1) is 18.5. The number of carbonyl (C=O) groups is 2. The Morgan fingerprint density at radius 3 is 2.55 bits per heavy atom. The summed E-state index contributed by atoms with van der Waals surface area (Å²) in [6, 6.07) is 21.8. The Morgan fingerprint density at radius 1 is 1.05 bits per heavy atom. The van der Waals surface area contributed by atoms with Crippen LogP contribution in [0.1, 0.15) is 41.6 Å². The monoisotopic (exact) mass is 513 g/mol. The van der Waals surface area contributed by atoms with Crippen molar-refractivity contribution >= 4 is 17.4 Å². The van der Waals surface area contributed by atoms with Gasteiger partial charge in [-0.15, -0.1) is 0 Å². The second kappa shape index (κ2) is 11.1. The van der Waals surface area contributed by atoms with Crippen LogP contribution in [0, 0.1) is 0 Å². The Labute approximate surface area is 222 Å². The van der Waals surface area contributed by atoms with Crippen molar-refractivity contribution in [3.8, 4) is 11.5 Å². The highest BCUT2D eigenvalue weighted by Gasteiger charge is 2.45. The van der Waals surface area contributed by atoms with Crippen molar-refractivity contribution in [3.05, 3.63) is 101 Å². The van der Waals surface area contributed by atoms with E-state index in [1.165, 1.54) is 4.90 Å². The smallest absolute Gasteiger partial charge is 0.295 e. The van der Waals surface area contributed by atoms with E-state index in [9.17, 15) is 14.7 Å². The van der Waals surface area contributed by atoms with E-state index in [2.05, 4.69) is 0 Å². The molecule has 38 heavy (non-hydrogen) atoms. The zero-order valence-electron chi connectivity index (χ0n) is 21.6. The van der Waals surface area contributed by atoms with Gasteiger partial charge in [-0.05, 0) is 60.4 Å². The van der Waals surface area contributed by atoms with Crippen LogP contribution < -0.4 is 9.47 Å². The summed E-state index contributed by atoms with van der Waals surface area (Å²) in [5.74, 6) is -0.0673. The molecule has 0 spiro atoms. The van der Waals surface area contributed by atoms with Crippen LogP contribution in [0.4, 0.5) is 0 Å². The maximum Gasteiger partial charge on any atom is 0.295 e. The van der Waals surface area contributed by atoms with Gasteiger partial charge in [-0.1, -0.05) is 42.5 Å². The van der Waals surface area contributed by atoms with E-state index in [0.29, 0.717) is 43.1 Å². The zero-order chi connectivity index (χ0) is 26.6. The maximum absolute atomic E-state index is 13.3. The van der Waals surface area contributed by atoms with Gasteiger partial charge in [-0.25, -0.2) is 0 Å². The van der Waals surface area contributed by atoms with Crippen molar-refractivity contribution in [2.45, 2.75) is 38.5 Å². The van der Waals surface area contributed by atoms with Crippen LogP contribution in [-0.2, 0) is 27.4 Å². The second-order valence-corrected chi connectivity index (χ2v) is 9.64. The summed E-state index contributed by atoms with van der Waals surface area (Å²) in [4.78, 5) is 27.9. The molecule has 2 atom stereocenters. The normalized spacial score (nSPS) is 19.9. The lowest BCUT2D eigenvalue weighted by molar-refractivity contribution is -0.140. The summed E-state index contributed by atoms with van der Waals surface area (Å²) in [7, 11) is 1.60. The summed E-state index contributed by atoms with van der Waals surface area (Å²) in [5.41, 5.74) is 3.30. The first kappa shape index (κ1) is 25.5. The molecule has 2 heterocycles. The van der Waals surface area contributed by atoms with Gasteiger partial charge in [0.25, 0.3) is 11.7 Å². The molecule has 7 heteroatoms. The number of benzene rings is 3. The first-order valence-corrected chi connectivity index (χ1v) is 12.8. The van der Waals surface area contributed by atoms with Crippen LogP contribution in [0.15, 0.2) is 78.4 Å². The number of ether oxygens (including phenoxy) is 3. The summed E-state index contributed by atoms with van der Waals surface area (Å²) in [6.45, 7) is 3.18. The predicted octanol–water partition coefficient (Wildman–Crippen LogP) is 5.05. The Hall–Kier alpha value is -4.10. The molecule has 7 nitrogen and oxygen atoms in total. The number of likely N-dealkylation sites (tertiary alicyclic amines) is 1. The van der Waals surface area contributed by atoms with E-state index in [4.69, 9.17) is 14.2 Å². The molecule has 196 valence electrons. The van der Waals surface area contributed by atoms with Gasteiger partial charge >= 0.3 is 0 Å². The molecule has 0 aromatic heterocycles. The second-order valence-electron chi connectivity index (χ2n) is 9.64. The molecule has 1 saturated heterocycles.